The van der Waals surface area contributed by atoms with Crippen LogP contribution in [0.3, 0.4) is 0 Å². The summed E-state index contributed by atoms with van der Waals surface area (Å²) in [5, 5.41) is 14.6. The highest BCUT2D eigenvalue weighted by molar-refractivity contribution is 5.93. The molecule has 118 valence electrons. The zero-order chi connectivity index (χ0) is 15.4. The molecule has 0 saturated carbocycles. The average Bonchev–Trinajstić information content (AvgIpc) is 3.13. The van der Waals surface area contributed by atoms with Crippen molar-refractivity contribution in [1.29, 1.82) is 0 Å². The van der Waals surface area contributed by atoms with Gasteiger partial charge in [0.1, 0.15) is 12.1 Å². The number of hydrogen-bond acceptors (Lipinski definition) is 5. The van der Waals surface area contributed by atoms with Crippen molar-refractivity contribution in [3.63, 3.8) is 0 Å². The lowest BCUT2D eigenvalue weighted by atomic mass is 10.1. The Balaban J connectivity index is 1.98. The Bertz CT molecular complexity index is 422. The molecule has 2 heterocycles. The highest BCUT2D eigenvalue weighted by atomic mass is 16.3. The normalized spacial score (nSPS) is 26.6. The molecular weight excluding hydrogens is 276 g/mol. The minimum atomic E-state index is -1.11. The van der Waals surface area contributed by atoms with Crippen LogP contribution in [-0.4, -0.2) is 65.5 Å². The molecule has 8 nitrogen and oxygen atoms in total. The molecule has 0 radical (unpaired) electrons. The van der Waals surface area contributed by atoms with E-state index >= 15 is 0 Å². The van der Waals surface area contributed by atoms with Crippen LogP contribution in [0.15, 0.2) is 0 Å². The van der Waals surface area contributed by atoms with Crippen LogP contribution in [0.2, 0.25) is 0 Å². The van der Waals surface area contributed by atoms with Gasteiger partial charge in [0, 0.05) is 6.54 Å². The van der Waals surface area contributed by atoms with Gasteiger partial charge >= 0.3 is 0 Å². The minimum absolute atomic E-state index is 0.0650. The van der Waals surface area contributed by atoms with Crippen molar-refractivity contribution in [2.75, 3.05) is 19.7 Å². The molecule has 2 rings (SSSR count). The van der Waals surface area contributed by atoms with Crippen LogP contribution in [0.25, 0.3) is 0 Å². The van der Waals surface area contributed by atoms with Crippen LogP contribution in [0, 0.1) is 0 Å². The summed E-state index contributed by atoms with van der Waals surface area (Å²) in [6.07, 6.45) is 3.04. The summed E-state index contributed by atoms with van der Waals surface area (Å²) < 4.78 is 0. The molecular formula is C13H22N4O4. The third-order valence-corrected chi connectivity index (χ3v) is 4.04. The van der Waals surface area contributed by atoms with Crippen molar-refractivity contribution in [3.05, 3.63) is 0 Å². The molecule has 21 heavy (non-hydrogen) atoms. The molecule has 8 heteroatoms. The van der Waals surface area contributed by atoms with E-state index in [1.807, 2.05) is 0 Å². The molecule has 2 aliphatic rings. The van der Waals surface area contributed by atoms with Gasteiger partial charge in [-0.3, -0.25) is 14.4 Å². The highest BCUT2D eigenvalue weighted by Gasteiger charge is 2.38. The summed E-state index contributed by atoms with van der Waals surface area (Å²) in [6, 6.07) is -1.92. The minimum Gasteiger partial charge on any atom is -0.394 e. The molecule has 2 saturated heterocycles. The number of rotatable bonds is 5. The summed E-state index contributed by atoms with van der Waals surface area (Å²) in [5.74, 6) is -1.29. The topological polar surface area (TPSA) is 125 Å². The van der Waals surface area contributed by atoms with Crippen LogP contribution in [0.4, 0.5) is 0 Å². The summed E-state index contributed by atoms with van der Waals surface area (Å²) in [5.41, 5.74) is 5.08. The number of nitrogens with one attached hydrogen (secondary N) is 2. The largest absolute Gasteiger partial charge is 0.394 e. The van der Waals surface area contributed by atoms with Gasteiger partial charge < -0.3 is 26.4 Å². The number of aliphatic hydroxyl groups is 1. The lowest BCUT2D eigenvalue weighted by Crippen LogP contribution is -2.55. The van der Waals surface area contributed by atoms with Crippen LogP contribution in [0.5, 0.6) is 0 Å². The van der Waals surface area contributed by atoms with Gasteiger partial charge in [-0.25, -0.2) is 0 Å². The first-order chi connectivity index (χ1) is 10.0. The highest BCUT2D eigenvalue weighted by Crippen LogP contribution is 2.20. The second-order valence-electron chi connectivity index (χ2n) is 5.48. The molecule has 5 N–H and O–H groups in total. The maximum Gasteiger partial charge on any atom is 0.243 e. The number of amides is 3. The van der Waals surface area contributed by atoms with Crippen molar-refractivity contribution in [2.45, 2.75) is 43.8 Å². The Kier molecular flexibility index (Phi) is 5.13. The van der Waals surface area contributed by atoms with E-state index in [1.165, 1.54) is 0 Å². The van der Waals surface area contributed by atoms with Gasteiger partial charge in [-0.15, -0.1) is 0 Å². The van der Waals surface area contributed by atoms with Gasteiger partial charge in [0.2, 0.25) is 17.7 Å². The van der Waals surface area contributed by atoms with Gasteiger partial charge in [0.15, 0.2) is 0 Å². The Morgan fingerprint density at radius 1 is 1.33 bits per heavy atom. The number of hydrogen-bond donors (Lipinski definition) is 4. The van der Waals surface area contributed by atoms with E-state index in [9.17, 15) is 14.4 Å². The number of nitrogens with zero attached hydrogens (tertiary/aromatic N) is 1. The van der Waals surface area contributed by atoms with Crippen LogP contribution in [-0.2, 0) is 14.4 Å². The quantitative estimate of drug-likeness (QED) is 0.454. The number of carbonyl (C=O) groups excluding carboxylic acids is 3. The lowest BCUT2D eigenvalue weighted by molar-refractivity contribution is -0.140. The third-order valence-electron chi connectivity index (χ3n) is 4.04. The molecule has 0 aliphatic carbocycles. The fraction of sp³-hybridized carbons (Fsp3) is 0.769. The van der Waals surface area contributed by atoms with Crippen LogP contribution < -0.4 is 16.4 Å². The Morgan fingerprint density at radius 2 is 2.10 bits per heavy atom. The molecule has 0 aromatic heterocycles. The van der Waals surface area contributed by atoms with E-state index in [0.717, 1.165) is 25.8 Å². The van der Waals surface area contributed by atoms with Crippen molar-refractivity contribution in [2.24, 2.45) is 5.73 Å². The van der Waals surface area contributed by atoms with E-state index in [-0.39, 0.29) is 11.9 Å². The van der Waals surface area contributed by atoms with E-state index in [4.69, 9.17) is 10.8 Å². The zero-order valence-electron chi connectivity index (χ0n) is 11.9. The second-order valence-corrected chi connectivity index (χ2v) is 5.48. The van der Waals surface area contributed by atoms with Gasteiger partial charge in [0.05, 0.1) is 12.6 Å². The first-order valence-corrected chi connectivity index (χ1v) is 7.29. The molecule has 3 atom stereocenters. The van der Waals surface area contributed by atoms with Crippen molar-refractivity contribution >= 4 is 17.7 Å². The molecule has 0 unspecified atom stereocenters. The Hall–Kier alpha value is -1.67. The first-order valence-electron chi connectivity index (χ1n) is 7.29. The predicted molar refractivity (Wildman–Crippen MR) is 74.0 cm³/mol. The summed E-state index contributed by atoms with van der Waals surface area (Å²) in [6.45, 7) is 0.802. The molecule has 2 aliphatic heterocycles. The lowest BCUT2D eigenvalue weighted by Gasteiger charge is -2.27. The number of likely N-dealkylation sites (tertiary alicyclic amines) is 1. The van der Waals surface area contributed by atoms with Crippen LogP contribution >= 0.6 is 0 Å². The van der Waals surface area contributed by atoms with Gasteiger partial charge in [0.25, 0.3) is 0 Å². The van der Waals surface area contributed by atoms with Crippen molar-refractivity contribution < 1.29 is 19.5 Å². The predicted octanol–water partition coefficient (Wildman–Crippen LogP) is -2.31. The number of nitrogens with two attached hydrogens (primary N) is 1. The molecule has 2 fully saturated rings. The van der Waals surface area contributed by atoms with Crippen LogP contribution in [0.1, 0.15) is 25.7 Å². The number of primary amides is 1. The first kappa shape index (κ1) is 15.7. The molecule has 0 aromatic rings. The van der Waals surface area contributed by atoms with E-state index in [1.54, 1.807) is 4.90 Å². The third kappa shape index (κ3) is 3.51. The second kappa shape index (κ2) is 6.86. The molecule has 0 aromatic carbocycles. The smallest absolute Gasteiger partial charge is 0.243 e. The van der Waals surface area contributed by atoms with E-state index in [0.29, 0.717) is 13.0 Å². The summed E-state index contributed by atoms with van der Waals surface area (Å²) in [7, 11) is 0. The van der Waals surface area contributed by atoms with Gasteiger partial charge in [-0.2, -0.15) is 0 Å². The maximum absolute atomic E-state index is 12.4. The summed E-state index contributed by atoms with van der Waals surface area (Å²) >= 11 is 0. The van der Waals surface area contributed by atoms with E-state index < -0.39 is 30.5 Å². The standard InChI is InChI=1S/C13H22N4O4/c14-11(19)9(7-18)16-12(20)10-4-2-6-17(10)13(21)8-3-1-5-15-8/h8-10,15,18H,1-7H2,(H2,14,19)(H,16,20)/t8-,9-,10-/m0/s1. The summed E-state index contributed by atoms with van der Waals surface area (Å²) in [4.78, 5) is 37.2. The SMILES string of the molecule is NC(=O)[C@H](CO)NC(=O)[C@@H]1CCCN1C(=O)[C@@H]1CCCN1. The number of carbonyl (C=O) groups is 3. The maximum atomic E-state index is 12.4. The molecule has 0 spiro atoms. The average molecular weight is 298 g/mol. The van der Waals surface area contributed by atoms with E-state index in [2.05, 4.69) is 10.6 Å². The molecule has 3 amide bonds. The van der Waals surface area contributed by atoms with Gasteiger partial charge in [-0.05, 0) is 32.2 Å². The number of aliphatic hydroxyl groups excluding tert-OH is 1. The Morgan fingerprint density at radius 3 is 2.67 bits per heavy atom. The monoisotopic (exact) mass is 298 g/mol. The fourth-order valence-electron chi connectivity index (χ4n) is 2.87. The van der Waals surface area contributed by atoms with Crippen molar-refractivity contribution in [1.82, 2.24) is 15.5 Å². The Labute approximate surface area is 123 Å². The van der Waals surface area contributed by atoms with Gasteiger partial charge in [-0.1, -0.05) is 0 Å². The molecule has 0 bridgehead atoms. The fourth-order valence-corrected chi connectivity index (χ4v) is 2.87. The zero-order valence-corrected chi connectivity index (χ0v) is 11.9. The van der Waals surface area contributed by atoms with Crippen molar-refractivity contribution in [3.8, 4) is 0 Å².